The average Bonchev–Trinajstić information content (AvgIpc) is 2.79. The van der Waals surface area contributed by atoms with E-state index in [-0.39, 0.29) is 29.6 Å². The molecule has 3 rings (SSSR count). The number of nitrogens with one attached hydrogen (secondary N) is 1. The Morgan fingerprint density at radius 1 is 1.17 bits per heavy atom. The number of hydrogen-bond donors (Lipinski definition) is 1. The number of rotatable bonds is 3. The number of allylic oxidation sites excluding steroid dienone is 2. The first-order valence-electron chi connectivity index (χ1n) is 7.88. The number of benzene rings is 1. The second-order valence-electron chi connectivity index (χ2n) is 6.24. The normalized spacial score (nSPS) is 24.5. The van der Waals surface area contributed by atoms with E-state index in [0.29, 0.717) is 18.5 Å². The molecule has 5 heteroatoms. The highest BCUT2D eigenvalue weighted by Crippen LogP contribution is 2.36. The fraction of sp³-hybridized carbons (Fsp3) is 0.389. The molecule has 0 unspecified atom stereocenters. The Bertz CT molecular complexity index is 669. The van der Waals surface area contributed by atoms with Gasteiger partial charge in [0.1, 0.15) is 6.04 Å². The highest BCUT2D eigenvalue weighted by atomic mass is 16.2. The number of hydrogen-bond acceptors (Lipinski definition) is 3. The largest absolute Gasteiger partial charge is 0.324 e. The third kappa shape index (κ3) is 2.79. The molecular weight excluding hydrogens is 292 g/mol. The van der Waals surface area contributed by atoms with E-state index in [1.54, 1.807) is 13.0 Å². The van der Waals surface area contributed by atoms with Gasteiger partial charge in [-0.15, -0.1) is 0 Å². The SMILES string of the molecule is Cc1cccc(NC(=O)[C@H](C)N2C(=O)[C@@H]3CC=CC[C@H]3C2=O)c1. The monoisotopic (exact) mass is 312 g/mol. The number of amides is 3. The van der Waals surface area contributed by atoms with Crippen LogP contribution in [0.2, 0.25) is 0 Å². The predicted molar refractivity (Wildman–Crippen MR) is 86.5 cm³/mol. The van der Waals surface area contributed by atoms with Crippen LogP contribution in [0.5, 0.6) is 0 Å². The minimum absolute atomic E-state index is 0.226. The molecule has 23 heavy (non-hydrogen) atoms. The fourth-order valence-electron chi connectivity index (χ4n) is 3.29. The lowest BCUT2D eigenvalue weighted by atomic mass is 9.85. The summed E-state index contributed by atoms with van der Waals surface area (Å²) in [5.74, 6) is -1.40. The molecule has 3 amide bonds. The lowest BCUT2D eigenvalue weighted by Crippen LogP contribution is -2.46. The first-order chi connectivity index (χ1) is 11.0. The van der Waals surface area contributed by atoms with E-state index in [2.05, 4.69) is 5.32 Å². The molecule has 1 aliphatic carbocycles. The molecule has 1 aromatic rings. The quantitative estimate of drug-likeness (QED) is 0.688. The van der Waals surface area contributed by atoms with E-state index >= 15 is 0 Å². The highest BCUT2D eigenvalue weighted by molar-refractivity contribution is 6.10. The Morgan fingerprint density at radius 2 is 1.78 bits per heavy atom. The zero-order valence-electron chi connectivity index (χ0n) is 13.3. The van der Waals surface area contributed by atoms with Crippen molar-refractivity contribution in [3.8, 4) is 0 Å². The number of carbonyl (C=O) groups excluding carboxylic acids is 3. The van der Waals surface area contributed by atoms with E-state index in [1.807, 2.05) is 37.3 Å². The van der Waals surface area contributed by atoms with Gasteiger partial charge in [0.15, 0.2) is 0 Å². The summed E-state index contributed by atoms with van der Waals surface area (Å²) in [6.45, 7) is 3.54. The van der Waals surface area contributed by atoms with E-state index < -0.39 is 6.04 Å². The molecule has 0 saturated carbocycles. The van der Waals surface area contributed by atoms with Crippen molar-refractivity contribution in [2.75, 3.05) is 5.32 Å². The van der Waals surface area contributed by atoms with Crippen LogP contribution >= 0.6 is 0 Å². The lowest BCUT2D eigenvalue weighted by Gasteiger charge is -2.22. The van der Waals surface area contributed by atoms with Crippen LogP contribution in [-0.4, -0.2) is 28.7 Å². The molecule has 3 atom stereocenters. The van der Waals surface area contributed by atoms with Crippen LogP contribution in [0.1, 0.15) is 25.3 Å². The Balaban J connectivity index is 1.75. The van der Waals surface area contributed by atoms with Gasteiger partial charge in [-0.25, -0.2) is 0 Å². The number of likely N-dealkylation sites (tertiary alicyclic amines) is 1. The Morgan fingerprint density at radius 3 is 2.35 bits per heavy atom. The number of fused-ring (bicyclic) bond motifs is 1. The van der Waals surface area contributed by atoms with Crippen molar-refractivity contribution in [2.24, 2.45) is 11.8 Å². The summed E-state index contributed by atoms with van der Waals surface area (Å²) in [7, 11) is 0. The summed E-state index contributed by atoms with van der Waals surface area (Å²) in [6, 6.07) is 6.62. The van der Waals surface area contributed by atoms with Gasteiger partial charge in [0.05, 0.1) is 11.8 Å². The van der Waals surface area contributed by atoms with Crippen molar-refractivity contribution in [1.29, 1.82) is 0 Å². The zero-order chi connectivity index (χ0) is 16.6. The number of aryl methyl sites for hydroxylation is 1. The van der Waals surface area contributed by atoms with Gasteiger partial charge >= 0.3 is 0 Å². The summed E-state index contributed by atoms with van der Waals surface area (Å²) in [4.78, 5) is 38.6. The van der Waals surface area contributed by atoms with E-state index in [4.69, 9.17) is 0 Å². The topological polar surface area (TPSA) is 66.5 Å². The first kappa shape index (κ1) is 15.5. The number of nitrogens with zero attached hydrogens (tertiary/aromatic N) is 1. The maximum atomic E-state index is 12.5. The van der Waals surface area contributed by atoms with Gasteiger partial charge in [-0.3, -0.25) is 19.3 Å². The van der Waals surface area contributed by atoms with E-state index in [0.717, 1.165) is 10.5 Å². The summed E-state index contributed by atoms with van der Waals surface area (Å²) in [5.41, 5.74) is 1.70. The molecule has 0 bridgehead atoms. The summed E-state index contributed by atoms with van der Waals surface area (Å²) in [5, 5.41) is 2.78. The van der Waals surface area contributed by atoms with Gasteiger partial charge in [-0.2, -0.15) is 0 Å². The third-order valence-electron chi connectivity index (χ3n) is 4.59. The van der Waals surface area contributed by atoms with Gasteiger partial charge in [-0.05, 0) is 44.4 Å². The maximum Gasteiger partial charge on any atom is 0.247 e. The van der Waals surface area contributed by atoms with Crippen LogP contribution in [0.4, 0.5) is 5.69 Å². The molecule has 1 saturated heterocycles. The molecule has 0 radical (unpaired) electrons. The van der Waals surface area contributed by atoms with E-state index in [9.17, 15) is 14.4 Å². The molecule has 1 aromatic carbocycles. The number of carbonyl (C=O) groups is 3. The Kier molecular flexibility index (Phi) is 4.03. The minimum atomic E-state index is -0.805. The van der Waals surface area contributed by atoms with Crippen LogP contribution in [-0.2, 0) is 14.4 Å². The fourth-order valence-corrected chi connectivity index (χ4v) is 3.29. The average molecular weight is 312 g/mol. The highest BCUT2D eigenvalue weighted by Gasteiger charge is 2.50. The number of imide groups is 1. The molecule has 0 aromatic heterocycles. The van der Waals surface area contributed by atoms with Crippen molar-refractivity contribution in [3.63, 3.8) is 0 Å². The zero-order valence-corrected chi connectivity index (χ0v) is 13.3. The summed E-state index contributed by atoms with van der Waals surface area (Å²) >= 11 is 0. The van der Waals surface area contributed by atoms with Crippen LogP contribution < -0.4 is 5.32 Å². The molecule has 1 heterocycles. The van der Waals surface area contributed by atoms with Crippen LogP contribution in [0.3, 0.4) is 0 Å². The molecule has 1 aliphatic heterocycles. The molecule has 5 nitrogen and oxygen atoms in total. The van der Waals surface area contributed by atoms with Gasteiger partial charge in [-0.1, -0.05) is 24.3 Å². The van der Waals surface area contributed by atoms with Crippen molar-refractivity contribution < 1.29 is 14.4 Å². The van der Waals surface area contributed by atoms with Crippen LogP contribution in [0.15, 0.2) is 36.4 Å². The van der Waals surface area contributed by atoms with Gasteiger partial charge in [0.25, 0.3) is 0 Å². The van der Waals surface area contributed by atoms with Gasteiger partial charge in [0.2, 0.25) is 17.7 Å². The first-order valence-corrected chi connectivity index (χ1v) is 7.88. The van der Waals surface area contributed by atoms with Crippen molar-refractivity contribution >= 4 is 23.4 Å². The Hall–Kier alpha value is -2.43. The summed E-state index contributed by atoms with van der Waals surface area (Å²) in [6.07, 6.45) is 5.04. The van der Waals surface area contributed by atoms with Crippen molar-refractivity contribution in [2.45, 2.75) is 32.7 Å². The molecular formula is C18H20N2O3. The van der Waals surface area contributed by atoms with Gasteiger partial charge < -0.3 is 5.32 Å². The summed E-state index contributed by atoms with van der Waals surface area (Å²) < 4.78 is 0. The lowest BCUT2D eigenvalue weighted by molar-refractivity contribution is -0.146. The minimum Gasteiger partial charge on any atom is -0.324 e. The number of anilines is 1. The molecule has 120 valence electrons. The molecule has 2 aliphatic rings. The Labute approximate surface area is 135 Å². The molecule has 1 N–H and O–H groups in total. The van der Waals surface area contributed by atoms with Crippen LogP contribution in [0.25, 0.3) is 0 Å². The standard InChI is InChI=1S/C18H20N2O3/c1-11-6-5-7-13(10-11)19-16(21)12(2)20-17(22)14-8-3-4-9-15(14)18(20)23/h3-7,10,12,14-15H,8-9H2,1-2H3,(H,19,21)/t12-,14+,15+/m0/s1. The smallest absolute Gasteiger partial charge is 0.247 e. The predicted octanol–water partition coefficient (Wildman–Crippen LogP) is 2.27. The van der Waals surface area contributed by atoms with Gasteiger partial charge in [0, 0.05) is 5.69 Å². The maximum absolute atomic E-state index is 12.5. The molecule has 0 spiro atoms. The third-order valence-corrected chi connectivity index (χ3v) is 4.59. The van der Waals surface area contributed by atoms with Crippen LogP contribution in [0, 0.1) is 18.8 Å². The second kappa shape index (κ2) is 5.99. The van der Waals surface area contributed by atoms with E-state index in [1.165, 1.54) is 0 Å². The molecule has 1 fully saturated rings. The van der Waals surface area contributed by atoms with Crippen molar-refractivity contribution in [3.05, 3.63) is 42.0 Å². The van der Waals surface area contributed by atoms with Crippen molar-refractivity contribution in [1.82, 2.24) is 4.90 Å². The second-order valence-corrected chi connectivity index (χ2v) is 6.24.